The van der Waals surface area contributed by atoms with Crippen LogP contribution in [0.25, 0.3) is 0 Å². The molecule has 0 aromatic heterocycles. The summed E-state index contributed by atoms with van der Waals surface area (Å²) >= 11 is 0. The van der Waals surface area contributed by atoms with Gasteiger partial charge in [0.2, 0.25) is 0 Å². The Kier molecular flexibility index (Phi) is 3.20. The SMILES string of the molecule is CC.Cc1cccc2c1OC(C)(C)C2. The summed E-state index contributed by atoms with van der Waals surface area (Å²) in [5.74, 6) is 1.10. The van der Waals surface area contributed by atoms with Crippen molar-refractivity contribution in [3.05, 3.63) is 29.3 Å². The molecule has 0 saturated carbocycles. The molecule has 0 saturated heterocycles. The van der Waals surface area contributed by atoms with Gasteiger partial charge in [-0.25, -0.2) is 0 Å². The fraction of sp³-hybridized carbons (Fsp3) is 0.538. The number of ether oxygens (including phenoxy) is 1. The fourth-order valence-corrected chi connectivity index (χ4v) is 1.77. The molecule has 0 radical (unpaired) electrons. The summed E-state index contributed by atoms with van der Waals surface area (Å²) in [5, 5.41) is 0. The van der Waals surface area contributed by atoms with E-state index in [1.165, 1.54) is 11.1 Å². The molecule has 1 heteroatoms. The number of fused-ring (bicyclic) bond motifs is 1. The zero-order valence-electron chi connectivity index (χ0n) is 9.85. The van der Waals surface area contributed by atoms with Crippen molar-refractivity contribution in [2.75, 3.05) is 0 Å². The van der Waals surface area contributed by atoms with Gasteiger partial charge in [-0.2, -0.15) is 0 Å². The van der Waals surface area contributed by atoms with Crippen LogP contribution in [-0.4, -0.2) is 5.60 Å². The van der Waals surface area contributed by atoms with E-state index in [4.69, 9.17) is 4.74 Å². The lowest BCUT2D eigenvalue weighted by molar-refractivity contribution is 0.137. The van der Waals surface area contributed by atoms with Gasteiger partial charge in [0.1, 0.15) is 11.4 Å². The third-order valence-corrected chi connectivity index (χ3v) is 2.29. The summed E-state index contributed by atoms with van der Waals surface area (Å²) in [5.41, 5.74) is 2.59. The Bertz CT molecular complexity index is 313. The van der Waals surface area contributed by atoms with Gasteiger partial charge in [-0.15, -0.1) is 0 Å². The van der Waals surface area contributed by atoms with Crippen molar-refractivity contribution in [3.8, 4) is 5.75 Å². The predicted octanol–water partition coefficient (Wildman–Crippen LogP) is 3.73. The van der Waals surface area contributed by atoms with Crippen LogP contribution in [0.2, 0.25) is 0 Å². The molecule has 1 nitrogen and oxygen atoms in total. The Hall–Kier alpha value is -0.980. The lowest BCUT2D eigenvalue weighted by atomic mass is 10.0. The quantitative estimate of drug-likeness (QED) is 0.608. The predicted molar refractivity (Wildman–Crippen MR) is 60.9 cm³/mol. The average molecular weight is 192 g/mol. The Balaban J connectivity index is 0.000000461. The van der Waals surface area contributed by atoms with Crippen molar-refractivity contribution in [2.45, 2.75) is 46.6 Å². The first-order valence-corrected chi connectivity index (χ1v) is 5.36. The Morgan fingerprint density at radius 3 is 2.43 bits per heavy atom. The molecule has 0 N–H and O–H groups in total. The second kappa shape index (κ2) is 4.04. The summed E-state index contributed by atoms with van der Waals surface area (Å²) in [7, 11) is 0. The third-order valence-electron chi connectivity index (χ3n) is 2.29. The van der Waals surface area contributed by atoms with Gasteiger partial charge >= 0.3 is 0 Å². The molecule has 1 aliphatic heterocycles. The van der Waals surface area contributed by atoms with Crippen molar-refractivity contribution in [2.24, 2.45) is 0 Å². The van der Waals surface area contributed by atoms with Gasteiger partial charge in [0, 0.05) is 6.42 Å². The largest absolute Gasteiger partial charge is 0.487 e. The van der Waals surface area contributed by atoms with E-state index in [2.05, 4.69) is 39.0 Å². The summed E-state index contributed by atoms with van der Waals surface area (Å²) < 4.78 is 5.83. The number of aryl methyl sites for hydroxylation is 1. The average Bonchev–Trinajstić information content (AvgIpc) is 2.45. The van der Waals surface area contributed by atoms with E-state index >= 15 is 0 Å². The maximum Gasteiger partial charge on any atom is 0.126 e. The van der Waals surface area contributed by atoms with Gasteiger partial charge in [-0.05, 0) is 31.9 Å². The van der Waals surface area contributed by atoms with Crippen LogP contribution in [0.1, 0.15) is 38.8 Å². The third kappa shape index (κ3) is 2.09. The van der Waals surface area contributed by atoms with Crippen LogP contribution in [0.15, 0.2) is 18.2 Å². The first-order chi connectivity index (χ1) is 6.58. The van der Waals surface area contributed by atoms with Crippen LogP contribution in [0.3, 0.4) is 0 Å². The molecule has 1 aromatic carbocycles. The Morgan fingerprint density at radius 2 is 1.86 bits per heavy atom. The highest BCUT2D eigenvalue weighted by Gasteiger charge is 2.30. The second-order valence-corrected chi connectivity index (χ2v) is 4.10. The smallest absolute Gasteiger partial charge is 0.126 e. The molecule has 0 bridgehead atoms. The molecule has 0 atom stereocenters. The van der Waals surface area contributed by atoms with Crippen LogP contribution >= 0.6 is 0 Å². The molecule has 14 heavy (non-hydrogen) atoms. The normalized spacial score (nSPS) is 16.4. The van der Waals surface area contributed by atoms with Gasteiger partial charge in [0.15, 0.2) is 0 Å². The van der Waals surface area contributed by atoms with Crippen LogP contribution in [0.4, 0.5) is 0 Å². The fourth-order valence-electron chi connectivity index (χ4n) is 1.77. The van der Waals surface area contributed by atoms with Gasteiger partial charge < -0.3 is 4.74 Å². The lowest BCUT2D eigenvalue weighted by Gasteiger charge is -2.17. The van der Waals surface area contributed by atoms with Crippen molar-refractivity contribution >= 4 is 0 Å². The molecular weight excluding hydrogens is 172 g/mol. The van der Waals surface area contributed by atoms with E-state index < -0.39 is 0 Å². The molecule has 1 aliphatic rings. The molecule has 0 unspecified atom stereocenters. The Labute approximate surface area is 87.1 Å². The number of hydrogen-bond acceptors (Lipinski definition) is 1. The molecule has 2 rings (SSSR count). The molecule has 0 amide bonds. The van der Waals surface area contributed by atoms with E-state index in [1.54, 1.807) is 0 Å². The molecule has 1 heterocycles. The van der Waals surface area contributed by atoms with Gasteiger partial charge in [0.05, 0.1) is 0 Å². The Morgan fingerprint density at radius 1 is 1.21 bits per heavy atom. The number of hydrogen-bond donors (Lipinski definition) is 0. The van der Waals surface area contributed by atoms with Gasteiger partial charge in [-0.3, -0.25) is 0 Å². The maximum absolute atomic E-state index is 5.83. The molecule has 0 fully saturated rings. The van der Waals surface area contributed by atoms with E-state index in [0.29, 0.717) is 0 Å². The highest BCUT2D eigenvalue weighted by molar-refractivity contribution is 5.44. The van der Waals surface area contributed by atoms with E-state index in [-0.39, 0.29) is 5.60 Å². The lowest BCUT2D eigenvalue weighted by Crippen LogP contribution is -2.24. The first-order valence-electron chi connectivity index (χ1n) is 5.36. The number of para-hydroxylation sites is 1. The van der Waals surface area contributed by atoms with Crippen molar-refractivity contribution < 1.29 is 4.74 Å². The minimum Gasteiger partial charge on any atom is -0.487 e. The molecule has 0 aliphatic carbocycles. The van der Waals surface area contributed by atoms with Crippen LogP contribution in [0, 0.1) is 6.92 Å². The number of benzene rings is 1. The van der Waals surface area contributed by atoms with Crippen LogP contribution < -0.4 is 4.74 Å². The topological polar surface area (TPSA) is 9.23 Å². The number of rotatable bonds is 0. The van der Waals surface area contributed by atoms with E-state index in [9.17, 15) is 0 Å². The van der Waals surface area contributed by atoms with Gasteiger partial charge in [-0.1, -0.05) is 32.0 Å². The van der Waals surface area contributed by atoms with E-state index in [1.807, 2.05) is 13.8 Å². The monoisotopic (exact) mass is 192 g/mol. The second-order valence-electron chi connectivity index (χ2n) is 4.10. The molecule has 1 aromatic rings. The van der Waals surface area contributed by atoms with Crippen LogP contribution in [-0.2, 0) is 6.42 Å². The summed E-state index contributed by atoms with van der Waals surface area (Å²) in [6, 6.07) is 6.34. The minimum absolute atomic E-state index is 0.00551. The van der Waals surface area contributed by atoms with Gasteiger partial charge in [0.25, 0.3) is 0 Å². The zero-order chi connectivity index (χ0) is 10.8. The highest BCUT2D eigenvalue weighted by atomic mass is 16.5. The maximum atomic E-state index is 5.83. The minimum atomic E-state index is -0.00551. The highest BCUT2D eigenvalue weighted by Crippen LogP contribution is 2.36. The first kappa shape index (κ1) is 11.1. The van der Waals surface area contributed by atoms with Crippen molar-refractivity contribution in [1.29, 1.82) is 0 Å². The van der Waals surface area contributed by atoms with Crippen LogP contribution in [0.5, 0.6) is 5.75 Å². The van der Waals surface area contributed by atoms with E-state index in [0.717, 1.165) is 12.2 Å². The summed E-state index contributed by atoms with van der Waals surface area (Å²) in [6.07, 6.45) is 1.03. The molecular formula is C13H20O. The molecule has 78 valence electrons. The zero-order valence-corrected chi connectivity index (χ0v) is 9.85. The van der Waals surface area contributed by atoms with Crippen molar-refractivity contribution in [1.82, 2.24) is 0 Å². The summed E-state index contributed by atoms with van der Waals surface area (Å²) in [6.45, 7) is 10.4. The standard InChI is InChI=1S/C11H14O.C2H6/c1-8-5-4-6-9-7-11(2,3)12-10(8)9;1-2/h4-6H,7H2,1-3H3;1-2H3. The molecule has 0 spiro atoms. The summed E-state index contributed by atoms with van der Waals surface area (Å²) in [4.78, 5) is 0. The van der Waals surface area contributed by atoms with Crippen molar-refractivity contribution in [3.63, 3.8) is 0 Å².